The Morgan fingerprint density at radius 1 is 1.32 bits per heavy atom. The van der Waals surface area contributed by atoms with Crippen LogP contribution < -0.4 is 0 Å². The molecule has 2 fully saturated rings. The van der Waals surface area contributed by atoms with Crippen molar-refractivity contribution in [3.8, 4) is 11.5 Å². The zero-order valence-electron chi connectivity index (χ0n) is 12.3. The van der Waals surface area contributed by atoms with Gasteiger partial charge in [0.25, 0.3) is 0 Å². The van der Waals surface area contributed by atoms with Gasteiger partial charge in [-0.15, -0.1) is 0 Å². The van der Waals surface area contributed by atoms with Crippen molar-refractivity contribution in [1.29, 1.82) is 0 Å². The number of likely N-dealkylation sites (tertiary alicyclic amines) is 1. The summed E-state index contributed by atoms with van der Waals surface area (Å²) in [7, 11) is 0. The van der Waals surface area contributed by atoms with Crippen molar-refractivity contribution in [1.82, 2.24) is 10.1 Å². The number of ether oxygens (including phenoxy) is 1. The Bertz CT molecular complexity index is 656. The predicted octanol–water partition coefficient (Wildman–Crippen LogP) is 2.46. The maximum absolute atomic E-state index is 12.2. The molecule has 0 aliphatic carbocycles. The second-order valence-corrected chi connectivity index (χ2v) is 6.21. The number of aromatic nitrogens is 1. The molecule has 2 aliphatic rings. The maximum atomic E-state index is 12.2. The first kappa shape index (κ1) is 13.6. The fraction of sp³-hybridized carbons (Fsp3) is 0.500. The van der Waals surface area contributed by atoms with Crippen LogP contribution in [-0.4, -0.2) is 35.7 Å². The molecule has 2 saturated heterocycles. The molecule has 116 valence electrons. The summed E-state index contributed by atoms with van der Waals surface area (Å²) < 4.78 is 16.1. The van der Waals surface area contributed by atoms with E-state index in [-0.39, 0.29) is 11.3 Å². The number of piperidine rings is 1. The lowest BCUT2D eigenvalue weighted by Crippen LogP contribution is -2.46. The molecule has 22 heavy (non-hydrogen) atoms. The van der Waals surface area contributed by atoms with Gasteiger partial charge in [-0.2, -0.15) is 0 Å². The van der Waals surface area contributed by atoms with E-state index < -0.39 is 0 Å². The molecule has 0 N–H and O–H groups in total. The molecule has 4 rings (SSSR count). The molecule has 0 bridgehead atoms. The first-order chi connectivity index (χ1) is 10.7. The molecule has 0 unspecified atom stereocenters. The Labute approximate surface area is 128 Å². The summed E-state index contributed by atoms with van der Waals surface area (Å²) in [5.41, 5.74) is 0.886. The van der Waals surface area contributed by atoms with Gasteiger partial charge in [0, 0.05) is 31.1 Å². The summed E-state index contributed by atoms with van der Waals surface area (Å²) in [6.45, 7) is 2.78. The zero-order valence-corrected chi connectivity index (χ0v) is 12.3. The Morgan fingerprint density at radius 2 is 2.27 bits per heavy atom. The minimum atomic E-state index is 0.140. The summed E-state index contributed by atoms with van der Waals surface area (Å²) >= 11 is 0. The van der Waals surface area contributed by atoms with Crippen molar-refractivity contribution in [2.75, 3.05) is 19.8 Å². The normalized spacial score (nSPS) is 25.3. The van der Waals surface area contributed by atoms with Crippen molar-refractivity contribution in [2.24, 2.45) is 5.41 Å². The van der Waals surface area contributed by atoms with Crippen LogP contribution in [0.15, 0.2) is 33.4 Å². The van der Waals surface area contributed by atoms with Crippen LogP contribution >= 0.6 is 0 Å². The summed E-state index contributed by atoms with van der Waals surface area (Å²) in [6.07, 6.45) is 4.15. The first-order valence-electron chi connectivity index (χ1n) is 7.59. The number of rotatable bonds is 3. The van der Waals surface area contributed by atoms with Crippen molar-refractivity contribution in [2.45, 2.75) is 25.8 Å². The average Bonchev–Trinajstić information content (AvgIpc) is 3.25. The van der Waals surface area contributed by atoms with E-state index in [2.05, 4.69) is 5.16 Å². The van der Waals surface area contributed by atoms with E-state index >= 15 is 0 Å². The lowest BCUT2D eigenvalue weighted by molar-refractivity contribution is -0.138. The number of amides is 1. The lowest BCUT2D eigenvalue weighted by Gasteiger charge is -2.38. The number of nitrogens with zero attached hydrogens (tertiary/aromatic N) is 2. The van der Waals surface area contributed by atoms with Crippen LogP contribution in [-0.2, 0) is 16.1 Å². The van der Waals surface area contributed by atoms with Crippen LogP contribution in [0.25, 0.3) is 11.5 Å². The number of furan rings is 1. The minimum Gasteiger partial charge on any atom is -0.461 e. The van der Waals surface area contributed by atoms with Gasteiger partial charge in [-0.1, -0.05) is 5.16 Å². The molecule has 6 nitrogen and oxygen atoms in total. The molecule has 2 aromatic rings. The second-order valence-electron chi connectivity index (χ2n) is 6.21. The van der Waals surface area contributed by atoms with Gasteiger partial charge in [-0.3, -0.25) is 4.79 Å². The molecular weight excluding hydrogens is 284 g/mol. The largest absolute Gasteiger partial charge is 0.461 e. The highest BCUT2D eigenvalue weighted by atomic mass is 16.5. The molecule has 1 atom stereocenters. The Morgan fingerprint density at radius 3 is 3.05 bits per heavy atom. The highest BCUT2D eigenvalue weighted by molar-refractivity contribution is 5.77. The lowest BCUT2D eigenvalue weighted by atomic mass is 9.79. The van der Waals surface area contributed by atoms with E-state index in [0.717, 1.165) is 38.3 Å². The van der Waals surface area contributed by atoms with Crippen molar-refractivity contribution < 1.29 is 18.5 Å². The molecular formula is C16H18N2O4. The van der Waals surface area contributed by atoms with Crippen LogP contribution in [0.3, 0.4) is 0 Å². The molecule has 1 spiro atoms. The van der Waals surface area contributed by atoms with Gasteiger partial charge in [-0.05, 0) is 25.0 Å². The van der Waals surface area contributed by atoms with E-state index in [4.69, 9.17) is 13.7 Å². The zero-order chi connectivity index (χ0) is 15.0. The predicted molar refractivity (Wildman–Crippen MR) is 76.7 cm³/mol. The Kier molecular flexibility index (Phi) is 3.26. The highest BCUT2D eigenvalue weighted by Gasteiger charge is 2.41. The van der Waals surface area contributed by atoms with Gasteiger partial charge in [0.05, 0.1) is 19.4 Å². The molecule has 0 radical (unpaired) electrons. The first-order valence-corrected chi connectivity index (χ1v) is 7.59. The van der Waals surface area contributed by atoms with E-state index in [1.807, 2.05) is 17.0 Å². The van der Waals surface area contributed by atoms with E-state index in [1.165, 1.54) is 0 Å². The monoisotopic (exact) mass is 302 g/mol. The van der Waals surface area contributed by atoms with Crippen LogP contribution in [0.1, 0.15) is 25.0 Å². The Balaban J connectivity index is 1.49. The molecule has 2 aromatic heterocycles. The number of hydrogen-bond donors (Lipinski definition) is 0. The number of hydrogen-bond acceptors (Lipinski definition) is 5. The smallest absolute Gasteiger partial charge is 0.222 e. The molecule has 0 aromatic carbocycles. The van der Waals surface area contributed by atoms with Gasteiger partial charge in [-0.25, -0.2) is 0 Å². The number of carbonyl (C=O) groups excluding carboxylic acids is 1. The average molecular weight is 302 g/mol. The van der Waals surface area contributed by atoms with E-state index in [0.29, 0.717) is 24.5 Å². The van der Waals surface area contributed by atoms with Crippen LogP contribution in [0.2, 0.25) is 0 Å². The van der Waals surface area contributed by atoms with Crippen LogP contribution in [0.4, 0.5) is 0 Å². The fourth-order valence-corrected chi connectivity index (χ4v) is 3.33. The van der Waals surface area contributed by atoms with Gasteiger partial charge >= 0.3 is 0 Å². The highest BCUT2D eigenvalue weighted by Crippen LogP contribution is 2.38. The van der Waals surface area contributed by atoms with Crippen molar-refractivity contribution in [3.63, 3.8) is 0 Å². The van der Waals surface area contributed by atoms with E-state index in [9.17, 15) is 4.79 Å². The minimum absolute atomic E-state index is 0.140. The number of carbonyl (C=O) groups is 1. The van der Waals surface area contributed by atoms with Crippen molar-refractivity contribution >= 4 is 5.91 Å². The summed E-state index contributed by atoms with van der Waals surface area (Å²) in [4.78, 5) is 14.1. The second kappa shape index (κ2) is 5.28. The third-order valence-electron chi connectivity index (χ3n) is 4.61. The van der Waals surface area contributed by atoms with Gasteiger partial charge in [0.1, 0.15) is 5.69 Å². The SMILES string of the molecule is O=C1CC[C@@]2(CCOC2)CN1Cc1cc(-c2ccco2)on1. The van der Waals surface area contributed by atoms with E-state index in [1.54, 1.807) is 12.3 Å². The molecule has 4 heterocycles. The molecule has 6 heteroatoms. The van der Waals surface area contributed by atoms with Crippen molar-refractivity contribution in [3.05, 3.63) is 30.2 Å². The molecule has 1 amide bonds. The molecule has 0 saturated carbocycles. The summed E-state index contributed by atoms with van der Waals surface area (Å²) in [5, 5.41) is 4.06. The van der Waals surface area contributed by atoms with Crippen LogP contribution in [0, 0.1) is 5.41 Å². The quantitative estimate of drug-likeness (QED) is 0.871. The third-order valence-corrected chi connectivity index (χ3v) is 4.61. The summed E-state index contributed by atoms with van der Waals surface area (Å²) in [5.74, 6) is 1.41. The third kappa shape index (κ3) is 2.43. The molecule has 2 aliphatic heterocycles. The van der Waals surface area contributed by atoms with Gasteiger partial charge in [0.15, 0.2) is 5.76 Å². The maximum Gasteiger partial charge on any atom is 0.222 e. The standard InChI is InChI=1S/C16H18N2O4/c19-15-3-4-16(5-7-20-11-16)10-18(15)9-12-8-14(22-17-12)13-2-1-6-21-13/h1-2,6,8H,3-5,7,9-11H2/t16-/m1/s1. The topological polar surface area (TPSA) is 68.7 Å². The Hall–Kier alpha value is -2.08. The fourth-order valence-electron chi connectivity index (χ4n) is 3.33. The van der Waals surface area contributed by atoms with Crippen LogP contribution in [0.5, 0.6) is 0 Å². The van der Waals surface area contributed by atoms with Gasteiger partial charge in [0.2, 0.25) is 11.7 Å². The van der Waals surface area contributed by atoms with Gasteiger partial charge < -0.3 is 18.6 Å². The summed E-state index contributed by atoms with van der Waals surface area (Å²) in [6, 6.07) is 5.45.